The molecule has 0 spiro atoms. The number of rotatable bonds is 5. The fourth-order valence-electron chi connectivity index (χ4n) is 4.36. The van der Waals surface area contributed by atoms with E-state index in [-0.39, 0.29) is 11.6 Å². The highest BCUT2D eigenvalue weighted by molar-refractivity contribution is 5.94. The predicted molar refractivity (Wildman–Crippen MR) is 121 cm³/mol. The van der Waals surface area contributed by atoms with Gasteiger partial charge in [-0.25, -0.2) is 8.78 Å². The Bertz CT molecular complexity index is 874. The summed E-state index contributed by atoms with van der Waals surface area (Å²) in [4.78, 5) is 18.7. The van der Waals surface area contributed by atoms with E-state index in [0.717, 1.165) is 50.0 Å². The number of piperidine rings is 1. The highest BCUT2D eigenvalue weighted by atomic mass is 19.3. The first-order valence-electron chi connectivity index (χ1n) is 10.9. The zero-order valence-electron chi connectivity index (χ0n) is 18.5. The number of aldehydes is 1. The molecule has 0 saturated carbocycles. The smallest absolute Gasteiger partial charge is 0.265 e. The number of halogens is 2. The van der Waals surface area contributed by atoms with Crippen LogP contribution >= 0.6 is 0 Å². The van der Waals surface area contributed by atoms with Crippen molar-refractivity contribution < 1.29 is 13.6 Å². The lowest BCUT2D eigenvalue weighted by atomic mass is 9.94. The second kappa shape index (κ2) is 10.4. The average molecular weight is 434 g/mol. The van der Waals surface area contributed by atoms with Crippen LogP contribution in [0.15, 0.2) is 30.5 Å². The molecule has 3 atom stereocenters. The number of carbonyl (C=O) groups excluding carboxylic acids is 1. The van der Waals surface area contributed by atoms with Crippen LogP contribution in [0.2, 0.25) is 0 Å². The first-order valence-corrected chi connectivity index (χ1v) is 10.9. The maximum atomic E-state index is 13.2. The molecule has 0 aliphatic carbocycles. The second-order valence-electron chi connectivity index (χ2n) is 8.70. The van der Waals surface area contributed by atoms with E-state index in [1.807, 2.05) is 32.2 Å². The summed E-state index contributed by atoms with van der Waals surface area (Å²) in [7, 11) is 1.97. The average Bonchev–Trinajstić information content (AvgIpc) is 2.75. The summed E-state index contributed by atoms with van der Waals surface area (Å²) < 4.78 is 26.4. The molecule has 3 heterocycles. The summed E-state index contributed by atoms with van der Waals surface area (Å²) >= 11 is 0. The van der Waals surface area contributed by atoms with Crippen molar-refractivity contribution in [1.29, 1.82) is 0 Å². The van der Waals surface area contributed by atoms with Crippen LogP contribution in [0.5, 0.6) is 0 Å². The summed E-state index contributed by atoms with van der Waals surface area (Å²) in [5.74, 6) is 0.563. The fourth-order valence-corrected chi connectivity index (χ4v) is 4.36. The number of aromatic nitrogens is 1. The third-order valence-electron chi connectivity index (χ3n) is 6.13. The Labute approximate surface area is 182 Å². The monoisotopic (exact) mass is 433 g/mol. The van der Waals surface area contributed by atoms with Crippen molar-refractivity contribution in [2.45, 2.75) is 44.8 Å². The van der Waals surface area contributed by atoms with Gasteiger partial charge in [-0.05, 0) is 50.6 Å². The van der Waals surface area contributed by atoms with E-state index in [9.17, 15) is 13.6 Å². The highest BCUT2D eigenvalue weighted by Crippen LogP contribution is 2.34. The van der Waals surface area contributed by atoms with Gasteiger partial charge in [0, 0.05) is 61.1 Å². The molecule has 0 radical (unpaired) electrons. The number of fused-ring (bicyclic) bond motifs is 1. The van der Waals surface area contributed by atoms with Crippen molar-refractivity contribution in [3.8, 4) is 0 Å². The van der Waals surface area contributed by atoms with Gasteiger partial charge in [0.25, 0.3) is 6.43 Å². The quantitative estimate of drug-likeness (QED) is 0.707. The third-order valence-corrected chi connectivity index (χ3v) is 6.13. The predicted octanol–water partition coefficient (Wildman–Crippen LogP) is 2.82. The molecule has 8 heteroatoms. The standard InChI is InChI=1S/C17H21F2N3.C6H12N2O/c1-11-8-12(20-2)10-22(9-11)15-6-5-14(17(18)19)16-13(15)4-3-7-21-16;1-5(4-9)8-2-6(7)3-8/h3-7,11-12,17,20H,8-10H2,1-2H3;4-6H,2-3,7H2,1H3. The molecule has 2 aliphatic rings. The van der Waals surface area contributed by atoms with E-state index in [1.54, 1.807) is 6.20 Å². The van der Waals surface area contributed by atoms with Crippen LogP contribution in [0.1, 0.15) is 32.3 Å². The molecule has 1 aromatic heterocycles. The van der Waals surface area contributed by atoms with Crippen LogP contribution in [0, 0.1) is 5.92 Å². The fraction of sp³-hybridized carbons (Fsp3) is 0.565. The number of pyridine rings is 1. The van der Waals surface area contributed by atoms with Crippen LogP contribution in [-0.2, 0) is 4.79 Å². The van der Waals surface area contributed by atoms with Gasteiger partial charge in [0.05, 0.1) is 11.6 Å². The number of likely N-dealkylation sites (tertiary alicyclic amines) is 1. The Morgan fingerprint density at radius 2 is 1.97 bits per heavy atom. The van der Waals surface area contributed by atoms with Crippen molar-refractivity contribution in [3.63, 3.8) is 0 Å². The third kappa shape index (κ3) is 5.56. The Balaban J connectivity index is 0.000000254. The number of hydrogen-bond acceptors (Lipinski definition) is 6. The number of hydrogen-bond donors (Lipinski definition) is 2. The van der Waals surface area contributed by atoms with E-state index in [4.69, 9.17) is 5.73 Å². The second-order valence-corrected chi connectivity index (χ2v) is 8.70. The normalized spacial score (nSPS) is 23.3. The minimum Gasteiger partial charge on any atom is -0.369 e. The molecule has 0 amide bonds. The topological polar surface area (TPSA) is 74.5 Å². The lowest BCUT2D eigenvalue weighted by Gasteiger charge is -2.38. The van der Waals surface area contributed by atoms with Crippen LogP contribution < -0.4 is 16.0 Å². The number of nitrogens with zero attached hydrogens (tertiary/aromatic N) is 3. The van der Waals surface area contributed by atoms with Crippen molar-refractivity contribution >= 4 is 22.9 Å². The first kappa shape index (κ1) is 23.5. The van der Waals surface area contributed by atoms with Gasteiger partial charge in [-0.1, -0.05) is 6.92 Å². The van der Waals surface area contributed by atoms with Gasteiger partial charge in [-0.2, -0.15) is 0 Å². The molecular formula is C23H33F2N5O. The Kier molecular flexibility index (Phi) is 7.91. The van der Waals surface area contributed by atoms with Crippen LogP contribution in [0.25, 0.3) is 10.9 Å². The molecule has 0 bridgehead atoms. The molecule has 2 fully saturated rings. The first-order chi connectivity index (χ1) is 14.8. The number of carbonyl (C=O) groups is 1. The zero-order valence-corrected chi connectivity index (χ0v) is 18.5. The van der Waals surface area contributed by atoms with Gasteiger partial charge in [0.1, 0.15) is 6.29 Å². The lowest BCUT2D eigenvalue weighted by molar-refractivity contribution is -0.113. The van der Waals surface area contributed by atoms with E-state index in [2.05, 4.69) is 27.0 Å². The van der Waals surface area contributed by atoms with Gasteiger partial charge >= 0.3 is 0 Å². The molecule has 3 N–H and O–H groups in total. The zero-order chi connectivity index (χ0) is 22.5. The largest absolute Gasteiger partial charge is 0.369 e. The highest BCUT2D eigenvalue weighted by Gasteiger charge is 2.27. The molecular weight excluding hydrogens is 400 g/mol. The molecule has 4 rings (SSSR count). The van der Waals surface area contributed by atoms with Crippen LogP contribution in [-0.4, -0.2) is 67.5 Å². The molecule has 6 nitrogen and oxygen atoms in total. The molecule has 1 aromatic carbocycles. The van der Waals surface area contributed by atoms with E-state index >= 15 is 0 Å². The number of nitrogens with two attached hydrogens (primary N) is 1. The number of alkyl halides is 2. The van der Waals surface area contributed by atoms with Crippen molar-refractivity contribution in [1.82, 2.24) is 15.2 Å². The summed E-state index contributed by atoms with van der Waals surface area (Å²) in [6.07, 6.45) is 1.16. The van der Waals surface area contributed by atoms with Crippen molar-refractivity contribution in [2.75, 3.05) is 38.1 Å². The Hall–Kier alpha value is -2.16. The number of nitrogens with one attached hydrogen (secondary N) is 1. The van der Waals surface area contributed by atoms with E-state index in [0.29, 0.717) is 23.5 Å². The summed E-state index contributed by atoms with van der Waals surface area (Å²) in [5, 5.41) is 4.14. The van der Waals surface area contributed by atoms with Gasteiger partial charge < -0.3 is 20.7 Å². The van der Waals surface area contributed by atoms with Crippen molar-refractivity contribution in [2.24, 2.45) is 11.7 Å². The van der Waals surface area contributed by atoms with Gasteiger partial charge in [-0.15, -0.1) is 0 Å². The maximum Gasteiger partial charge on any atom is 0.265 e. The maximum absolute atomic E-state index is 13.2. The summed E-state index contributed by atoms with van der Waals surface area (Å²) in [6.45, 7) is 7.69. The van der Waals surface area contributed by atoms with E-state index in [1.165, 1.54) is 6.07 Å². The van der Waals surface area contributed by atoms with Gasteiger partial charge in [0.2, 0.25) is 0 Å². The molecule has 170 valence electrons. The molecule has 2 aliphatic heterocycles. The number of likely N-dealkylation sites (N-methyl/N-ethyl adjacent to an activating group) is 1. The molecule has 3 unspecified atom stereocenters. The van der Waals surface area contributed by atoms with Crippen molar-refractivity contribution in [3.05, 3.63) is 36.0 Å². The Morgan fingerprint density at radius 1 is 1.23 bits per heavy atom. The lowest BCUT2D eigenvalue weighted by Crippen LogP contribution is -2.59. The van der Waals surface area contributed by atoms with Gasteiger partial charge in [-0.3, -0.25) is 9.88 Å². The molecule has 2 aromatic rings. The summed E-state index contributed by atoms with van der Waals surface area (Å²) in [5.41, 5.74) is 6.92. The SMILES string of the molecule is CC(C=O)N1CC(N)C1.CNC1CC(C)CN(c2ccc(C(F)F)c3ncccc23)C1. The van der Waals surface area contributed by atoms with E-state index < -0.39 is 6.43 Å². The number of anilines is 1. The number of benzene rings is 1. The van der Waals surface area contributed by atoms with Crippen LogP contribution in [0.3, 0.4) is 0 Å². The minimum atomic E-state index is -2.50. The Morgan fingerprint density at radius 3 is 2.58 bits per heavy atom. The summed E-state index contributed by atoms with van der Waals surface area (Å²) in [6, 6.07) is 7.81. The molecule has 31 heavy (non-hydrogen) atoms. The minimum absolute atomic E-state index is 0.00887. The van der Waals surface area contributed by atoms with Crippen LogP contribution in [0.4, 0.5) is 14.5 Å². The molecule has 2 saturated heterocycles. The van der Waals surface area contributed by atoms with Gasteiger partial charge in [0.15, 0.2) is 0 Å².